The van der Waals surface area contributed by atoms with Gasteiger partial charge in [0.2, 0.25) is 0 Å². The summed E-state index contributed by atoms with van der Waals surface area (Å²) in [4.78, 5) is 0. The third-order valence-corrected chi connectivity index (χ3v) is 2.57. The van der Waals surface area contributed by atoms with Gasteiger partial charge in [0.05, 0.1) is 0 Å². The molecule has 0 spiro atoms. The van der Waals surface area contributed by atoms with Crippen LogP contribution in [0.15, 0.2) is 0 Å². The van der Waals surface area contributed by atoms with Gasteiger partial charge in [0.25, 0.3) is 0 Å². The van der Waals surface area contributed by atoms with Crippen molar-refractivity contribution < 1.29 is 10.2 Å². The Morgan fingerprint density at radius 2 is 1.54 bits per heavy atom. The molecular formula is C11H24O2. The van der Waals surface area contributed by atoms with Gasteiger partial charge in [-0.25, -0.2) is 0 Å². The van der Waals surface area contributed by atoms with Crippen LogP contribution in [0.1, 0.15) is 40.0 Å². The van der Waals surface area contributed by atoms with Crippen molar-refractivity contribution in [3.63, 3.8) is 0 Å². The van der Waals surface area contributed by atoms with E-state index in [1.54, 1.807) is 0 Å². The fraction of sp³-hybridized carbons (Fsp3) is 1.00. The van der Waals surface area contributed by atoms with Gasteiger partial charge >= 0.3 is 0 Å². The van der Waals surface area contributed by atoms with Crippen LogP contribution >= 0.6 is 0 Å². The minimum Gasteiger partial charge on any atom is -0.396 e. The van der Waals surface area contributed by atoms with Crippen LogP contribution in [-0.2, 0) is 0 Å². The Hall–Kier alpha value is -0.0800. The maximum Gasteiger partial charge on any atom is 0.0462 e. The van der Waals surface area contributed by atoms with Crippen molar-refractivity contribution in [2.24, 2.45) is 17.8 Å². The zero-order valence-corrected chi connectivity index (χ0v) is 9.16. The molecule has 0 aromatic carbocycles. The fourth-order valence-electron chi connectivity index (χ4n) is 1.87. The van der Waals surface area contributed by atoms with E-state index in [1.807, 2.05) is 0 Å². The van der Waals surface area contributed by atoms with Crippen LogP contribution in [0.3, 0.4) is 0 Å². The van der Waals surface area contributed by atoms with Crippen molar-refractivity contribution in [3.05, 3.63) is 0 Å². The van der Waals surface area contributed by atoms with Crippen molar-refractivity contribution in [2.45, 2.75) is 40.0 Å². The highest BCUT2D eigenvalue weighted by Crippen LogP contribution is 2.23. The van der Waals surface area contributed by atoms with E-state index in [2.05, 4.69) is 20.8 Å². The highest BCUT2D eigenvalue weighted by molar-refractivity contribution is 4.69. The van der Waals surface area contributed by atoms with Crippen LogP contribution in [0.2, 0.25) is 0 Å². The molecule has 0 saturated carbocycles. The first kappa shape index (κ1) is 12.9. The summed E-state index contributed by atoms with van der Waals surface area (Å²) < 4.78 is 0. The summed E-state index contributed by atoms with van der Waals surface area (Å²) >= 11 is 0. The van der Waals surface area contributed by atoms with Crippen molar-refractivity contribution in [1.29, 1.82) is 0 Å². The van der Waals surface area contributed by atoms with Crippen LogP contribution in [0.4, 0.5) is 0 Å². The quantitative estimate of drug-likeness (QED) is 0.642. The van der Waals surface area contributed by atoms with Crippen LogP contribution in [0.5, 0.6) is 0 Å². The Labute approximate surface area is 82.0 Å². The van der Waals surface area contributed by atoms with Gasteiger partial charge in [0.15, 0.2) is 0 Å². The number of hydrogen-bond acceptors (Lipinski definition) is 2. The highest BCUT2D eigenvalue weighted by Gasteiger charge is 2.20. The second-order valence-electron chi connectivity index (χ2n) is 4.30. The van der Waals surface area contributed by atoms with E-state index in [1.165, 1.54) is 0 Å². The molecule has 0 bridgehead atoms. The van der Waals surface area contributed by atoms with Gasteiger partial charge in [-0.2, -0.15) is 0 Å². The van der Waals surface area contributed by atoms with E-state index in [0.29, 0.717) is 5.92 Å². The smallest absolute Gasteiger partial charge is 0.0462 e. The van der Waals surface area contributed by atoms with Crippen LogP contribution in [0, 0.1) is 17.8 Å². The molecule has 2 N–H and O–H groups in total. The zero-order valence-electron chi connectivity index (χ0n) is 9.16. The zero-order chi connectivity index (χ0) is 10.3. The first-order valence-corrected chi connectivity index (χ1v) is 5.37. The SMILES string of the molecule is CCCC(CO)C(CO)CC(C)C. The summed E-state index contributed by atoms with van der Waals surface area (Å²) in [5.41, 5.74) is 0. The van der Waals surface area contributed by atoms with E-state index in [4.69, 9.17) is 5.11 Å². The molecule has 2 unspecified atom stereocenters. The average molecular weight is 188 g/mol. The average Bonchev–Trinajstić information content (AvgIpc) is 2.10. The molecule has 0 rings (SSSR count). The van der Waals surface area contributed by atoms with Crippen LogP contribution in [0.25, 0.3) is 0 Å². The molecule has 0 saturated heterocycles. The number of rotatable bonds is 7. The summed E-state index contributed by atoms with van der Waals surface area (Å²) in [7, 11) is 0. The molecule has 2 atom stereocenters. The topological polar surface area (TPSA) is 40.5 Å². The highest BCUT2D eigenvalue weighted by atomic mass is 16.3. The van der Waals surface area contributed by atoms with Crippen molar-refractivity contribution in [2.75, 3.05) is 13.2 Å². The molecule has 0 aliphatic heterocycles. The Morgan fingerprint density at radius 1 is 1.00 bits per heavy atom. The van der Waals surface area contributed by atoms with Gasteiger partial charge in [0, 0.05) is 13.2 Å². The van der Waals surface area contributed by atoms with E-state index >= 15 is 0 Å². The lowest BCUT2D eigenvalue weighted by molar-refractivity contribution is 0.0993. The normalized spacial score (nSPS) is 16.2. The van der Waals surface area contributed by atoms with Crippen LogP contribution in [-0.4, -0.2) is 23.4 Å². The summed E-state index contributed by atoms with van der Waals surface area (Å²) in [5, 5.41) is 18.4. The molecule has 0 aliphatic rings. The number of aliphatic hydroxyl groups excluding tert-OH is 2. The Balaban J connectivity index is 4.00. The molecule has 2 heteroatoms. The molecule has 0 amide bonds. The minimum absolute atomic E-state index is 0.212. The molecular weight excluding hydrogens is 164 g/mol. The predicted molar refractivity (Wildman–Crippen MR) is 55.5 cm³/mol. The standard InChI is InChI=1S/C11H24O2/c1-4-5-10(7-12)11(8-13)6-9(2)3/h9-13H,4-8H2,1-3H3. The molecule has 80 valence electrons. The van der Waals surface area contributed by atoms with Crippen molar-refractivity contribution in [3.8, 4) is 0 Å². The second-order valence-corrected chi connectivity index (χ2v) is 4.30. The third kappa shape index (κ3) is 5.27. The first-order chi connectivity index (χ1) is 6.15. The lowest BCUT2D eigenvalue weighted by Gasteiger charge is -2.24. The van der Waals surface area contributed by atoms with Crippen molar-refractivity contribution in [1.82, 2.24) is 0 Å². The lowest BCUT2D eigenvalue weighted by Crippen LogP contribution is -2.23. The largest absolute Gasteiger partial charge is 0.396 e. The third-order valence-electron chi connectivity index (χ3n) is 2.57. The molecule has 0 heterocycles. The molecule has 0 aromatic heterocycles. The summed E-state index contributed by atoms with van der Waals surface area (Å²) in [6.07, 6.45) is 3.12. The second kappa shape index (κ2) is 7.34. The molecule has 0 aromatic rings. The molecule has 2 nitrogen and oxygen atoms in total. The monoisotopic (exact) mass is 188 g/mol. The maximum atomic E-state index is 9.19. The van der Waals surface area contributed by atoms with E-state index in [0.717, 1.165) is 19.3 Å². The molecule has 0 radical (unpaired) electrons. The molecule has 0 fully saturated rings. The molecule has 0 aliphatic carbocycles. The van der Waals surface area contributed by atoms with Crippen LogP contribution < -0.4 is 0 Å². The van der Waals surface area contributed by atoms with E-state index in [-0.39, 0.29) is 25.0 Å². The minimum atomic E-state index is 0.212. The Kier molecular flexibility index (Phi) is 7.29. The van der Waals surface area contributed by atoms with Crippen molar-refractivity contribution >= 4 is 0 Å². The summed E-state index contributed by atoms with van der Waals surface area (Å²) in [6, 6.07) is 0. The maximum absolute atomic E-state index is 9.19. The van der Waals surface area contributed by atoms with Gasteiger partial charge in [-0.15, -0.1) is 0 Å². The fourth-order valence-corrected chi connectivity index (χ4v) is 1.87. The lowest BCUT2D eigenvalue weighted by atomic mass is 9.84. The summed E-state index contributed by atoms with van der Waals surface area (Å²) in [5.74, 6) is 1.17. The Morgan fingerprint density at radius 3 is 1.85 bits per heavy atom. The van der Waals surface area contributed by atoms with Gasteiger partial charge < -0.3 is 10.2 Å². The molecule has 13 heavy (non-hydrogen) atoms. The van der Waals surface area contributed by atoms with E-state index in [9.17, 15) is 5.11 Å². The number of aliphatic hydroxyl groups is 2. The Bertz CT molecular complexity index is 113. The summed E-state index contributed by atoms with van der Waals surface area (Å²) in [6.45, 7) is 6.85. The first-order valence-electron chi connectivity index (χ1n) is 5.37. The van der Waals surface area contributed by atoms with Gasteiger partial charge in [-0.1, -0.05) is 27.2 Å². The predicted octanol–water partition coefficient (Wildman–Crippen LogP) is 2.05. The van der Waals surface area contributed by atoms with E-state index < -0.39 is 0 Å². The number of hydrogen-bond donors (Lipinski definition) is 2. The van der Waals surface area contributed by atoms with Gasteiger partial charge in [-0.3, -0.25) is 0 Å². The van der Waals surface area contributed by atoms with Gasteiger partial charge in [-0.05, 0) is 30.6 Å². The van der Waals surface area contributed by atoms with Gasteiger partial charge in [0.1, 0.15) is 0 Å².